The van der Waals surface area contributed by atoms with Crippen molar-refractivity contribution in [2.24, 2.45) is 0 Å². The first kappa shape index (κ1) is 18.2. The van der Waals surface area contributed by atoms with E-state index >= 15 is 0 Å². The second-order valence-electron chi connectivity index (χ2n) is 5.03. The average molecular weight is 369 g/mol. The maximum atomic E-state index is 12.9. The Balaban J connectivity index is 2.02. The van der Waals surface area contributed by atoms with Gasteiger partial charge in [0, 0.05) is 30.6 Å². The highest BCUT2D eigenvalue weighted by molar-refractivity contribution is 6.35. The Morgan fingerprint density at radius 2 is 1.79 bits per heavy atom. The molecule has 0 unspecified atom stereocenters. The van der Waals surface area contributed by atoms with Crippen LogP contribution in [0.1, 0.15) is 17.3 Å². The molecule has 0 atom stereocenters. The first-order valence-electron chi connectivity index (χ1n) is 7.15. The molecule has 0 saturated heterocycles. The maximum Gasteiger partial charge on any atom is 0.251 e. The molecule has 4 nitrogen and oxygen atoms in total. The smallest absolute Gasteiger partial charge is 0.251 e. The van der Waals surface area contributed by atoms with Gasteiger partial charge in [0.2, 0.25) is 5.91 Å². The van der Waals surface area contributed by atoms with Gasteiger partial charge in [0.05, 0.1) is 10.7 Å². The van der Waals surface area contributed by atoms with Gasteiger partial charge in [-0.2, -0.15) is 0 Å². The van der Waals surface area contributed by atoms with Crippen molar-refractivity contribution < 1.29 is 14.0 Å². The highest BCUT2D eigenvalue weighted by Crippen LogP contribution is 2.29. The van der Waals surface area contributed by atoms with Crippen LogP contribution in [0.5, 0.6) is 0 Å². The minimum Gasteiger partial charge on any atom is -0.350 e. The lowest BCUT2D eigenvalue weighted by Crippen LogP contribution is -2.37. The molecule has 0 aliphatic carbocycles. The fourth-order valence-electron chi connectivity index (χ4n) is 2.12. The van der Waals surface area contributed by atoms with Gasteiger partial charge < -0.3 is 10.2 Å². The summed E-state index contributed by atoms with van der Waals surface area (Å²) in [7, 11) is 0. The van der Waals surface area contributed by atoms with Crippen LogP contribution in [0.2, 0.25) is 10.0 Å². The summed E-state index contributed by atoms with van der Waals surface area (Å²) in [6.07, 6.45) is 0. The molecule has 0 heterocycles. The molecule has 2 aromatic rings. The molecule has 126 valence electrons. The van der Waals surface area contributed by atoms with Crippen LogP contribution in [0.4, 0.5) is 10.1 Å². The molecule has 2 amide bonds. The number of carbonyl (C=O) groups is 2. The van der Waals surface area contributed by atoms with Gasteiger partial charge in [-0.15, -0.1) is 0 Å². The molecule has 24 heavy (non-hydrogen) atoms. The number of rotatable bonds is 5. The molecule has 0 aliphatic rings. The highest BCUT2D eigenvalue weighted by atomic mass is 35.5. The molecule has 0 spiro atoms. The Labute approximate surface area is 149 Å². The Hall–Kier alpha value is -2.11. The number of hydrogen-bond acceptors (Lipinski definition) is 2. The van der Waals surface area contributed by atoms with Crippen LogP contribution < -0.4 is 10.2 Å². The van der Waals surface area contributed by atoms with Crippen molar-refractivity contribution in [1.82, 2.24) is 5.32 Å². The SMILES string of the molecule is CC(=O)N(CCNC(=O)c1ccc(F)cc1)c1cc(Cl)ccc1Cl. The molecule has 0 saturated carbocycles. The van der Waals surface area contributed by atoms with E-state index < -0.39 is 5.82 Å². The van der Waals surface area contributed by atoms with Crippen LogP contribution in [-0.2, 0) is 4.79 Å². The number of amides is 2. The largest absolute Gasteiger partial charge is 0.350 e. The van der Waals surface area contributed by atoms with Crippen molar-refractivity contribution in [2.75, 3.05) is 18.0 Å². The van der Waals surface area contributed by atoms with Crippen molar-refractivity contribution in [3.8, 4) is 0 Å². The zero-order valence-electron chi connectivity index (χ0n) is 12.9. The number of nitrogens with zero attached hydrogens (tertiary/aromatic N) is 1. The van der Waals surface area contributed by atoms with Gasteiger partial charge in [-0.1, -0.05) is 23.2 Å². The van der Waals surface area contributed by atoms with Gasteiger partial charge in [0.25, 0.3) is 5.91 Å². The fraction of sp³-hybridized carbons (Fsp3) is 0.176. The van der Waals surface area contributed by atoms with Crippen molar-refractivity contribution in [2.45, 2.75) is 6.92 Å². The third kappa shape index (κ3) is 4.69. The first-order valence-corrected chi connectivity index (χ1v) is 7.91. The third-order valence-corrected chi connectivity index (χ3v) is 3.86. The molecular formula is C17H15Cl2FN2O2. The monoisotopic (exact) mass is 368 g/mol. The first-order chi connectivity index (χ1) is 11.4. The molecule has 7 heteroatoms. The topological polar surface area (TPSA) is 49.4 Å². The van der Waals surface area contributed by atoms with Gasteiger partial charge >= 0.3 is 0 Å². The molecule has 0 aromatic heterocycles. The predicted molar refractivity (Wildman–Crippen MR) is 93.2 cm³/mol. The quantitative estimate of drug-likeness (QED) is 0.869. The molecule has 0 aliphatic heterocycles. The van der Waals surface area contributed by atoms with Gasteiger partial charge in [0.15, 0.2) is 0 Å². The number of nitrogens with one attached hydrogen (secondary N) is 1. The van der Waals surface area contributed by atoms with Crippen LogP contribution in [0.25, 0.3) is 0 Å². The molecule has 1 N–H and O–H groups in total. The summed E-state index contributed by atoms with van der Waals surface area (Å²) in [5.41, 5.74) is 0.819. The molecule has 0 fully saturated rings. The summed E-state index contributed by atoms with van der Waals surface area (Å²) >= 11 is 12.1. The van der Waals surface area contributed by atoms with Crippen molar-refractivity contribution in [1.29, 1.82) is 0 Å². The Kier molecular flexibility index (Phi) is 6.17. The van der Waals surface area contributed by atoms with E-state index in [-0.39, 0.29) is 24.9 Å². The molecular weight excluding hydrogens is 354 g/mol. The van der Waals surface area contributed by atoms with Crippen LogP contribution in [0.3, 0.4) is 0 Å². The van der Waals surface area contributed by atoms with Gasteiger partial charge in [-0.05, 0) is 42.5 Å². The summed E-state index contributed by atoms with van der Waals surface area (Å²) in [6, 6.07) is 10.0. The van der Waals surface area contributed by atoms with E-state index in [1.807, 2.05) is 0 Å². The fourth-order valence-corrected chi connectivity index (χ4v) is 2.51. The van der Waals surface area contributed by atoms with E-state index in [0.717, 1.165) is 0 Å². The second kappa shape index (κ2) is 8.13. The number of anilines is 1. The molecule has 2 aromatic carbocycles. The standard InChI is InChI=1S/C17H15Cl2FN2O2/c1-11(23)22(16-10-13(18)4-7-15(16)19)9-8-21-17(24)12-2-5-14(20)6-3-12/h2-7,10H,8-9H2,1H3,(H,21,24). The van der Waals surface area contributed by atoms with Crippen molar-refractivity contribution in [3.63, 3.8) is 0 Å². The maximum absolute atomic E-state index is 12.9. The number of carbonyl (C=O) groups excluding carboxylic acids is 2. The zero-order valence-corrected chi connectivity index (χ0v) is 14.4. The van der Waals surface area contributed by atoms with E-state index in [1.165, 1.54) is 36.1 Å². The minimum absolute atomic E-state index is 0.207. The summed E-state index contributed by atoms with van der Waals surface area (Å²) in [5, 5.41) is 3.52. The second-order valence-corrected chi connectivity index (χ2v) is 5.87. The van der Waals surface area contributed by atoms with Gasteiger partial charge in [-0.25, -0.2) is 4.39 Å². The summed E-state index contributed by atoms with van der Waals surface area (Å²) in [5.74, 6) is -0.990. The van der Waals surface area contributed by atoms with Gasteiger partial charge in [0.1, 0.15) is 5.82 Å². The molecule has 0 radical (unpaired) electrons. The van der Waals surface area contributed by atoms with Crippen molar-refractivity contribution in [3.05, 3.63) is 63.9 Å². The number of benzene rings is 2. The lowest BCUT2D eigenvalue weighted by atomic mass is 10.2. The summed E-state index contributed by atoms with van der Waals surface area (Å²) < 4.78 is 12.9. The molecule has 0 bridgehead atoms. The van der Waals surface area contributed by atoms with E-state index in [4.69, 9.17) is 23.2 Å². The zero-order chi connectivity index (χ0) is 17.7. The van der Waals surface area contributed by atoms with Gasteiger partial charge in [-0.3, -0.25) is 9.59 Å². The lowest BCUT2D eigenvalue weighted by Gasteiger charge is -2.22. The van der Waals surface area contributed by atoms with E-state index in [2.05, 4.69) is 5.32 Å². The predicted octanol–water partition coefficient (Wildman–Crippen LogP) is 3.92. The number of halogens is 3. The number of hydrogen-bond donors (Lipinski definition) is 1. The van der Waals surface area contributed by atoms with Crippen LogP contribution in [0.15, 0.2) is 42.5 Å². The summed E-state index contributed by atoms with van der Waals surface area (Å²) in [4.78, 5) is 25.3. The van der Waals surface area contributed by atoms with Crippen LogP contribution in [-0.4, -0.2) is 24.9 Å². The lowest BCUT2D eigenvalue weighted by molar-refractivity contribution is -0.116. The van der Waals surface area contributed by atoms with E-state index in [0.29, 0.717) is 21.3 Å². The Bertz CT molecular complexity index is 751. The summed E-state index contributed by atoms with van der Waals surface area (Å²) in [6.45, 7) is 1.83. The highest BCUT2D eigenvalue weighted by Gasteiger charge is 2.15. The van der Waals surface area contributed by atoms with Crippen molar-refractivity contribution >= 4 is 40.7 Å². The average Bonchev–Trinajstić information content (AvgIpc) is 2.54. The molecule has 2 rings (SSSR count). The minimum atomic E-state index is -0.412. The van der Waals surface area contributed by atoms with E-state index in [9.17, 15) is 14.0 Å². The third-order valence-electron chi connectivity index (χ3n) is 3.31. The van der Waals surface area contributed by atoms with Crippen LogP contribution >= 0.6 is 23.2 Å². The Morgan fingerprint density at radius 3 is 2.42 bits per heavy atom. The van der Waals surface area contributed by atoms with Crippen LogP contribution in [0, 0.1) is 5.82 Å². The van der Waals surface area contributed by atoms with E-state index in [1.54, 1.807) is 18.2 Å². The Morgan fingerprint density at radius 1 is 1.12 bits per heavy atom. The normalized spacial score (nSPS) is 10.3.